The van der Waals surface area contributed by atoms with Crippen LogP contribution in [0, 0.1) is 23.5 Å². The van der Waals surface area contributed by atoms with E-state index in [-0.39, 0.29) is 5.52 Å². The molecule has 2 nitrogen and oxygen atoms in total. The second kappa shape index (κ2) is 3.06. The molecule has 2 unspecified atom stereocenters. The van der Waals surface area contributed by atoms with Crippen molar-refractivity contribution >= 4 is 11.0 Å². The largest absolute Gasteiger partial charge is 0.342 e. The molecule has 0 spiro atoms. The molecule has 1 aromatic carbocycles. The zero-order valence-corrected chi connectivity index (χ0v) is 9.21. The highest BCUT2D eigenvalue weighted by molar-refractivity contribution is 5.75. The van der Waals surface area contributed by atoms with Gasteiger partial charge in [-0.15, -0.1) is 0 Å². The van der Waals surface area contributed by atoms with Crippen LogP contribution in [0.15, 0.2) is 12.1 Å². The van der Waals surface area contributed by atoms with Gasteiger partial charge in [0.05, 0.1) is 5.52 Å². The number of fused-ring (bicyclic) bond motifs is 2. The number of hydrogen-bond donors (Lipinski definition) is 1. The summed E-state index contributed by atoms with van der Waals surface area (Å²) in [5.74, 6) is 1.82. The lowest BCUT2D eigenvalue weighted by atomic mass is 10.0. The zero-order chi connectivity index (χ0) is 11.6. The average Bonchev–Trinajstić information content (AvgIpc) is 2.76. The highest BCUT2D eigenvalue weighted by atomic mass is 19.1. The third-order valence-corrected chi connectivity index (χ3v) is 4.15. The van der Waals surface area contributed by atoms with Gasteiger partial charge in [0.15, 0.2) is 5.82 Å². The molecule has 1 N–H and O–H groups in total. The van der Waals surface area contributed by atoms with E-state index in [1.54, 1.807) is 0 Å². The first-order valence-electron chi connectivity index (χ1n) is 6.05. The fourth-order valence-electron chi connectivity index (χ4n) is 3.19. The molecule has 2 atom stereocenters. The molecule has 0 amide bonds. The zero-order valence-electron chi connectivity index (χ0n) is 9.21. The molecule has 1 heterocycles. The monoisotopic (exact) mass is 234 g/mol. The Bertz CT molecular complexity index is 595. The van der Waals surface area contributed by atoms with Gasteiger partial charge in [-0.25, -0.2) is 13.8 Å². The highest BCUT2D eigenvalue weighted by Gasteiger charge is 2.47. The van der Waals surface area contributed by atoms with Crippen molar-refractivity contribution in [1.82, 2.24) is 9.97 Å². The molecule has 2 saturated carbocycles. The number of hydrogen-bond acceptors (Lipinski definition) is 1. The fraction of sp³-hybridized carbons (Fsp3) is 0.462. The highest BCUT2D eigenvalue weighted by Crippen LogP contribution is 2.57. The van der Waals surface area contributed by atoms with Crippen LogP contribution in [0.2, 0.25) is 0 Å². The quantitative estimate of drug-likeness (QED) is 0.805. The van der Waals surface area contributed by atoms with Gasteiger partial charge in [-0.3, -0.25) is 0 Å². The first-order valence-corrected chi connectivity index (χ1v) is 6.05. The molecule has 4 heteroatoms. The van der Waals surface area contributed by atoms with E-state index in [0.29, 0.717) is 11.4 Å². The summed E-state index contributed by atoms with van der Waals surface area (Å²) >= 11 is 0. The molecule has 0 bridgehead atoms. The summed E-state index contributed by atoms with van der Waals surface area (Å²) in [6, 6.07) is 2.20. The maximum Gasteiger partial charge on any atom is 0.153 e. The van der Waals surface area contributed by atoms with Crippen LogP contribution in [-0.4, -0.2) is 9.97 Å². The molecule has 2 aliphatic rings. The third-order valence-electron chi connectivity index (χ3n) is 4.15. The fourth-order valence-corrected chi connectivity index (χ4v) is 3.19. The second-order valence-corrected chi connectivity index (χ2v) is 5.33. The smallest absolute Gasteiger partial charge is 0.153 e. The van der Waals surface area contributed by atoms with E-state index in [1.165, 1.54) is 12.5 Å². The van der Waals surface area contributed by atoms with Crippen LogP contribution in [0.1, 0.15) is 31.0 Å². The molecule has 88 valence electrons. The summed E-state index contributed by atoms with van der Waals surface area (Å²) in [5.41, 5.74) is 0.736. The third kappa shape index (κ3) is 1.39. The second-order valence-electron chi connectivity index (χ2n) is 5.33. The minimum atomic E-state index is -0.578. The van der Waals surface area contributed by atoms with Crippen LogP contribution in [0.4, 0.5) is 8.78 Å². The molecule has 17 heavy (non-hydrogen) atoms. The minimum Gasteiger partial charge on any atom is -0.342 e. The maximum atomic E-state index is 13.5. The average molecular weight is 234 g/mol. The minimum absolute atomic E-state index is 0.266. The van der Waals surface area contributed by atoms with Gasteiger partial charge in [0, 0.05) is 12.0 Å². The number of imidazole rings is 1. The standard InChI is InChI=1S/C13H12F2N2/c14-9-4-10(15)12-11(5-9)16-13(17-12)8-2-6-1-7(6)3-8/h4-8H,1-3H2,(H,16,17). The molecule has 0 radical (unpaired) electrons. The van der Waals surface area contributed by atoms with Crippen molar-refractivity contribution in [2.75, 3.05) is 0 Å². The summed E-state index contributed by atoms with van der Waals surface area (Å²) in [4.78, 5) is 7.36. The van der Waals surface area contributed by atoms with Gasteiger partial charge >= 0.3 is 0 Å². The van der Waals surface area contributed by atoms with Crippen LogP contribution in [0.25, 0.3) is 11.0 Å². The van der Waals surface area contributed by atoms with Crippen LogP contribution < -0.4 is 0 Å². The number of aromatic nitrogens is 2. The van der Waals surface area contributed by atoms with Crippen molar-refractivity contribution in [3.8, 4) is 0 Å². The SMILES string of the molecule is Fc1cc(F)c2nc(C3CC4CC4C3)[nH]c2c1. The Hall–Kier alpha value is -1.45. The molecular formula is C13H12F2N2. The van der Waals surface area contributed by atoms with Gasteiger partial charge in [0.1, 0.15) is 17.2 Å². The number of nitrogens with zero attached hydrogens (tertiary/aromatic N) is 1. The Labute approximate surface area is 97.1 Å². The Morgan fingerprint density at radius 2 is 1.88 bits per heavy atom. The number of halogens is 2. The number of benzene rings is 1. The lowest BCUT2D eigenvalue weighted by molar-refractivity contribution is 0.588. The van der Waals surface area contributed by atoms with Crippen molar-refractivity contribution in [2.45, 2.75) is 25.2 Å². The van der Waals surface area contributed by atoms with E-state index in [1.807, 2.05) is 0 Å². The maximum absolute atomic E-state index is 13.5. The van der Waals surface area contributed by atoms with E-state index in [4.69, 9.17) is 0 Å². The number of aromatic amines is 1. The summed E-state index contributed by atoms with van der Waals surface area (Å²) in [5, 5.41) is 0. The first-order chi connectivity index (χ1) is 8.20. The molecule has 1 aromatic heterocycles. The van der Waals surface area contributed by atoms with Crippen LogP contribution in [0.3, 0.4) is 0 Å². The van der Waals surface area contributed by atoms with E-state index in [9.17, 15) is 8.78 Å². The van der Waals surface area contributed by atoms with Crippen molar-refractivity contribution < 1.29 is 8.78 Å². The Balaban J connectivity index is 1.79. The predicted octanol–water partition coefficient (Wildman–Crippen LogP) is 3.35. The van der Waals surface area contributed by atoms with Gasteiger partial charge in [0.25, 0.3) is 0 Å². The summed E-state index contributed by atoms with van der Waals surface area (Å²) in [6.07, 6.45) is 3.64. The molecule has 2 fully saturated rings. The van der Waals surface area contributed by atoms with Gasteiger partial charge in [-0.1, -0.05) is 0 Å². The van der Waals surface area contributed by atoms with E-state index in [0.717, 1.165) is 36.6 Å². The van der Waals surface area contributed by atoms with Crippen LogP contribution >= 0.6 is 0 Å². The van der Waals surface area contributed by atoms with Crippen LogP contribution in [0.5, 0.6) is 0 Å². The van der Waals surface area contributed by atoms with Gasteiger partial charge in [0.2, 0.25) is 0 Å². The van der Waals surface area contributed by atoms with Crippen molar-refractivity contribution in [1.29, 1.82) is 0 Å². The summed E-state index contributed by atoms with van der Waals surface area (Å²) in [6.45, 7) is 0. The summed E-state index contributed by atoms with van der Waals surface area (Å²) in [7, 11) is 0. The topological polar surface area (TPSA) is 28.7 Å². The van der Waals surface area contributed by atoms with E-state index in [2.05, 4.69) is 9.97 Å². The Morgan fingerprint density at radius 1 is 1.12 bits per heavy atom. The predicted molar refractivity (Wildman–Crippen MR) is 59.6 cm³/mol. The molecular weight excluding hydrogens is 222 g/mol. The molecule has 2 aliphatic carbocycles. The number of H-pyrrole nitrogens is 1. The lowest BCUT2D eigenvalue weighted by Crippen LogP contribution is -1.97. The van der Waals surface area contributed by atoms with Gasteiger partial charge in [-0.05, 0) is 37.2 Å². The molecule has 2 aromatic rings. The number of rotatable bonds is 1. The van der Waals surface area contributed by atoms with E-state index < -0.39 is 11.6 Å². The first kappa shape index (κ1) is 9.57. The number of nitrogens with one attached hydrogen (secondary N) is 1. The molecule has 0 saturated heterocycles. The molecule has 0 aliphatic heterocycles. The normalized spacial score (nSPS) is 30.8. The Kier molecular flexibility index (Phi) is 1.72. The molecule has 4 rings (SSSR count). The summed E-state index contributed by atoms with van der Waals surface area (Å²) < 4.78 is 26.6. The van der Waals surface area contributed by atoms with E-state index >= 15 is 0 Å². The lowest BCUT2D eigenvalue weighted by Gasteiger charge is -2.06. The van der Waals surface area contributed by atoms with Crippen molar-refractivity contribution in [3.63, 3.8) is 0 Å². The van der Waals surface area contributed by atoms with Crippen molar-refractivity contribution in [2.24, 2.45) is 11.8 Å². The van der Waals surface area contributed by atoms with Gasteiger partial charge < -0.3 is 4.98 Å². The Morgan fingerprint density at radius 3 is 2.65 bits per heavy atom. The van der Waals surface area contributed by atoms with Crippen LogP contribution in [-0.2, 0) is 0 Å². The van der Waals surface area contributed by atoms with Gasteiger partial charge in [-0.2, -0.15) is 0 Å². The van der Waals surface area contributed by atoms with Crippen molar-refractivity contribution in [3.05, 3.63) is 29.6 Å².